The van der Waals surface area contributed by atoms with Gasteiger partial charge in [-0.2, -0.15) is 5.10 Å². The smallest absolute Gasteiger partial charge is 0.256 e. The number of rotatable bonds is 4. The first kappa shape index (κ1) is 16.2. The van der Waals surface area contributed by atoms with E-state index >= 15 is 0 Å². The molecule has 130 valence electrons. The molecule has 0 aliphatic carbocycles. The summed E-state index contributed by atoms with van der Waals surface area (Å²) < 4.78 is 0. The molecular weight excluding hydrogens is 334 g/mol. The van der Waals surface area contributed by atoms with E-state index in [9.17, 15) is 4.79 Å². The normalized spacial score (nSPS) is 18.5. The van der Waals surface area contributed by atoms with Crippen LogP contribution in [0.2, 0.25) is 0 Å². The third-order valence-electron chi connectivity index (χ3n) is 4.62. The third-order valence-corrected chi connectivity index (χ3v) is 5.45. The van der Waals surface area contributed by atoms with Gasteiger partial charge in [0.25, 0.3) is 5.91 Å². The molecule has 0 atom stereocenters. The molecule has 1 fully saturated rings. The summed E-state index contributed by atoms with van der Waals surface area (Å²) >= 11 is 1.67. The van der Waals surface area contributed by atoms with Crippen molar-refractivity contribution in [1.29, 1.82) is 0 Å². The first-order valence-corrected chi connectivity index (χ1v) is 9.47. The van der Waals surface area contributed by atoms with E-state index in [1.807, 2.05) is 41.9 Å². The van der Waals surface area contributed by atoms with Gasteiger partial charge in [0.2, 0.25) is 0 Å². The number of anilines is 1. The SMILES string of the molecule is O=C(CN1CCN(c2nccs2)CC1)N1CCC(c2ccccc2)=N1. The molecule has 0 N–H and O–H groups in total. The van der Waals surface area contributed by atoms with Crippen LogP contribution in [-0.4, -0.2) is 65.8 Å². The summed E-state index contributed by atoms with van der Waals surface area (Å²) in [5.41, 5.74) is 2.11. The van der Waals surface area contributed by atoms with Gasteiger partial charge in [0, 0.05) is 44.2 Å². The molecule has 2 aliphatic rings. The van der Waals surface area contributed by atoms with Gasteiger partial charge in [-0.25, -0.2) is 9.99 Å². The molecule has 0 spiro atoms. The van der Waals surface area contributed by atoms with E-state index in [1.165, 1.54) is 0 Å². The van der Waals surface area contributed by atoms with Gasteiger partial charge in [0.1, 0.15) is 0 Å². The number of carbonyl (C=O) groups is 1. The summed E-state index contributed by atoms with van der Waals surface area (Å²) in [5, 5.41) is 9.24. The Morgan fingerprint density at radius 2 is 1.88 bits per heavy atom. The van der Waals surface area contributed by atoms with Gasteiger partial charge in [-0.3, -0.25) is 9.69 Å². The summed E-state index contributed by atoms with van der Waals surface area (Å²) in [4.78, 5) is 21.4. The lowest BCUT2D eigenvalue weighted by Crippen LogP contribution is -2.49. The maximum Gasteiger partial charge on any atom is 0.256 e. The molecule has 25 heavy (non-hydrogen) atoms. The molecule has 1 amide bonds. The molecule has 1 saturated heterocycles. The zero-order valence-electron chi connectivity index (χ0n) is 14.0. The molecule has 2 aliphatic heterocycles. The van der Waals surface area contributed by atoms with Crippen molar-refractivity contribution in [2.45, 2.75) is 6.42 Å². The number of amides is 1. The van der Waals surface area contributed by atoms with Crippen LogP contribution in [0.5, 0.6) is 0 Å². The van der Waals surface area contributed by atoms with Crippen molar-refractivity contribution in [3.63, 3.8) is 0 Å². The largest absolute Gasteiger partial charge is 0.346 e. The fourth-order valence-electron chi connectivity index (χ4n) is 3.21. The van der Waals surface area contributed by atoms with Crippen molar-refractivity contribution in [2.24, 2.45) is 5.10 Å². The number of nitrogens with zero attached hydrogens (tertiary/aromatic N) is 5. The van der Waals surface area contributed by atoms with Crippen molar-refractivity contribution in [1.82, 2.24) is 14.9 Å². The van der Waals surface area contributed by atoms with Crippen LogP contribution in [0.3, 0.4) is 0 Å². The predicted molar refractivity (Wildman–Crippen MR) is 100 cm³/mol. The van der Waals surface area contributed by atoms with E-state index in [1.54, 1.807) is 16.3 Å². The highest BCUT2D eigenvalue weighted by atomic mass is 32.1. The molecule has 2 aromatic rings. The van der Waals surface area contributed by atoms with Crippen molar-refractivity contribution >= 4 is 28.1 Å². The van der Waals surface area contributed by atoms with E-state index < -0.39 is 0 Å². The van der Waals surface area contributed by atoms with E-state index in [2.05, 4.69) is 19.9 Å². The fraction of sp³-hybridized carbons (Fsp3) is 0.389. The maximum absolute atomic E-state index is 12.6. The van der Waals surface area contributed by atoms with Crippen molar-refractivity contribution in [2.75, 3.05) is 44.2 Å². The van der Waals surface area contributed by atoms with Crippen LogP contribution < -0.4 is 4.90 Å². The number of hydrazone groups is 1. The highest BCUT2D eigenvalue weighted by molar-refractivity contribution is 7.13. The molecule has 1 aromatic carbocycles. The van der Waals surface area contributed by atoms with Gasteiger partial charge < -0.3 is 4.90 Å². The second kappa shape index (κ2) is 7.33. The Morgan fingerprint density at radius 3 is 2.60 bits per heavy atom. The minimum atomic E-state index is 0.0913. The molecule has 0 radical (unpaired) electrons. The molecule has 6 nitrogen and oxygen atoms in total. The Kier molecular flexibility index (Phi) is 4.76. The molecule has 1 aromatic heterocycles. The van der Waals surface area contributed by atoms with Crippen LogP contribution in [0.4, 0.5) is 5.13 Å². The average Bonchev–Trinajstić information content (AvgIpc) is 3.35. The minimum absolute atomic E-state index is 0.0913. The standard InChI is InChI=1S/C18H21N5OS/c24-17(23-8-6-16(20-23)15-4-2-1-3-5-15)14-21-9-11-22(12-10-21)18-19-7-13-25-18/h1-5,7,13H,6,8-12,14H2. The molecular formula is C18H21N5OS. The van der Waals surface area contributed by atoms with Crippen LogP contribution in [0, 0.1) is 0 Å². The Hall–Kier alpha value is -2.25. The highest BCUT2D eigenvalue weighted by Gasteiger charge is 2.25. The van der Waals surface area contributed by atoms with Crippen LogP contribution in [0.15, 0.2) is 47.0 Å². The quantitative estimate of drug-likeness (QED) is 0.841. The zero-order chi connectivity index (χ0) is 17.1. The second-order valence-electron chi connectivity index (χ2n) is 6.26. The predicted octanol–water partition coefficient (Wildman–Crippen LogP) is 1.90. The van der Waals surface area contributed by atoms with Crippen LogP contribution >= 0.6 is 11.3 Å². The third kappa shape index (κ3) is 3.72. The number of benzene rings is 1. The average molecular weight is 355 g/mol. The van der Waals surface area contributed by atoms with Gasteiger partial charge >= 0.3 is 0 Å². The lowest BCUT2D eigenvalue weighted by Gasteiger charge is -2.34. The Balaban J connectivity index is 1.30. The number of hydrogen-bond acceptors (Lipinski definition) is 6. The Bertz CT molecular complexity index is 738. The summed E-state index contributed by atoms with van der Waals surface area (Å²) in [6.07, 6.45) is 2.67. The van der Waals surface area contributed by atoms with Crippen LogP contribution in [-0.2, 0) is 4.79 Å². The van der Waals surface area contributed by atoms with E-state index in [0.29, 0.717) is 13.1 Å². The number of carbonyl (C=O) groups excluding carboxylic acids is 1. The van der Waals surface area contributed by atoms with Crippen LogP contribution in [0.25, 0.3) is 0 Å². The molecule has 3 heterocycles. The lowest BCUT2D eigenvalue weighted by molar-refractivity contribution is -0.132. The van der Waals surface area contributed by atoms with Gasteiger partial charge in [-0.15, -0.1) is 11.3 Å². The van der Waals surface area contributed by atoms with E-state index in [0.717, 1.165) is 49.0 Å². The molecule has 0 saturated carbocycles. The topological polar surface area (TPSA) is 52.0 Å². The second-order valence-corrected chi connectivity index (χ2v) is 7.13. The molecule has 4 rings (SSSR count). The van der Waals surface area contributed by atoms with Crippen molar-refractivity contribution in [3.8, 4) is 0 Å². The number of hydrogen-bond donors (Lipinski definition) is 0. The monoisotopic (exact) mass is 355 g/mol. The first-order valence-electron chi connectivity index (χ1n) is 8.60. The number of piperazine rings is 1. The summed E-state index contributed by atoms with van der Waals surface area (Å²) in [6, 6.07) is 10.1. The highest BCUT2D eigenvalue weighted by Crippen LogP contribution is 2.19. The Labute approximate surface area is 151 Å². The first-order chi connectivity index (χ1) is 12.3. The van der Waals surface area contributed by atoms with Gasteiger partial charge in [-0.05, 0) is 5.56 Å². The minimum Gasteiger partial charge on any atom is -0.346 e. The number of aromatic nitrogens is 1. The van der Waals surface area contributed by atoms with Crippen LogP contribution in [0.1, 0.15) is 12.0 Å². The zero-order valence-corrected chi connectivity index (χ0v) is 14.9. The van der Waals surface area contributed by atoms with E-state index in [4.69, 9.17) is 0 Å². The summed E-state index contributed by atoms with van der Waals surface area (Å²) in [5.74, 6) is 0.0913. The lowest BCUT2D eigenvalue weighted by atomic mass is 10.1. The molecule has 0 bridgehead atoms. The van der Waals surface area contributed by atoms with Gasteiger partial charge in [0.05, 0.1) is 18.8 Å². The molecule has 0 unspecified atom stereocenters. The van der Waals surface area contributed by atoms with Crippen molar-refractivity contribution < 1.29 is 4.79 Å². The van der Waals surface area contributed by atoms with Crippen molar-refractivity contribution in [3.05, 3.63) is 47.5 Å². The molecule has 7 heteroatoms. The number of thiazole rings is 1. The Morgan fingerprint density at radius 1 is 1.08 bits per heavy atom. The van der Waals surface area contributed by atoms with Gasteiger partial charge in [0.15, 0.2) is 5.13 Å². The summed E-state index contributed by atoms with van der Waals surface area (Å²) in [7, 11) is 0. The van der Waals surface area contributed by atoms with E-state index in [-0.39, 0.29) is 5.91 Å². The fourth-order valence-corrected chi connectivity index (χ4v) is 3.91. The van der Waals surface area contributed by atoms with Gasteiger partial charge in [-0.1, -0.05) is 30.3 Å². The summed E-state index contributed by atoms with van der Waals surface area (Å²) in [6.45, 7) is 4.72. The maximum atomic E-state index is 12.6.